The molecule has 0 radical (unpaired) electrons. The third kappa shape index (κ3) is 6.27. The Morgan fingerprint density at radius 1 is 1.23 bits per heavy atom. The molecule has 0 aliphatic carbocycles. The van der Waals surface area contributed by atoms with Crippen molar-refractivity contribution in [2.24, 2.45) is 4.99 Å². The highest BCUT2D eigenvalue weighted by molar-refractivity contribution is 7.10. The second-order valence-corrected chi connectivity index (χ2v) is 6.57. The number of rotatable bonds is 8. The van der Waals surface area contributed by atoms with Crippen LogP contribution in [0.5, 0.6) is 5.75 Å². The van der Waals surface area contributed by atoms with Crippen molar-refractivity contribution < 1.29 is 18.6 Å². The first-order valence-corrected chi connectivity index (χ1v) is 9.15. The lowest BCUT2D eigenvalue weighted by Gasteiger charge is -2.16. The van der Waals surface area contributed by atoms with Crippen LogP contribution in [0.15, 0.2) is 40.7 Å². The highest BCUT2D eigenvalue weighted by atomic mass is 32.1. The normalized spacial score (nSPS) is 12.9. The Balaban J connectivity index is 1.91. The molecule has 2 rings (SSSR count). The summed E-state index contributed by atoms with van der Waals surface area (Å²) in [7, 11) is 0. The highest BCUT2D eigenvalue weighted by Gasteiger charge is 2.10. The number of thiophene rings is 1. The Bertz CT molecular complexity index is 705. The summed E-state index contributed by atoms with van der Waals surface area (Å²) in [5.41, 5.74) is 1.81. The monoisotopic (exact) mass is 383 g/mol. The van der Waals surface area contributed by atoms with Gasteiger partial charge in [-0.15, -0.1) is 11.3 Å². The van der Waals surface area contributed by atoms with E-state index in [4.69, 9.17) is 0 Å². The number of guanidine groups is 1. The van der Waals surface area contributed by atoms with Gasteiger partial charge in [0, 0.05) is 18.0 Å². The van der Waals surface area contributed by atoms with Gasteiger partial charge in [0.05, 0.1) is 12.6 Å². The van der Waals surface area contributed by atoms with Gasteiger partial charge >= 0.3 is 6.61 Å². The molecule has 8 heteroatoms. The highest BCUT2D eigenvalue weighted by Crippen LogP contribution is 2.19. The van der Waals surface area contributed by atoms with Gasteiger partial charge < -0.3 is 20.5 Å². The van der Waals surface area contributed by atoms with Crippen LogP contribution in [0.1, 0.15) is 29.0 Å². The Labute approximate surface area is 155 Å². The molecule has 1 atom stereocenters. The number of halogens is 2. The molecule has 3 N–H and O–H groups in total. The van der Waals surface area contributed by atoms with Crippen LogP contribution < -0.4 is 15.4 Å². The molecule has 0 aliphatic heterocycles. The summed E-state index contributed by atoms with van der Waals surface area (Å²) >= 11 is 1.66. The van der Waals surface area contributed by atoms with Gasteiger partial charge in [-0.05, 0) is 48.6 Å². The molecule has 1 heterocycles. The largest absolute Gasteiger partial charge is 0.435 e. The molecule has 26 heavy (non-hydrogen) atoms. The molecule has 1 unspecified atom stereocenters. The predicted octanol–water partition coefficient (Wildman–Crippen LogP) is 3.45. The van der Waals surface area contributed by atoms with E-state index < -0.39 is 12.7 Å². The van der Waals surface area contributed by atoms with Crippen LogP contribution in [0.2, 0.25) is 0 Å². The average Bonchev–Trinajstić information content (AvgIpc) is 3.02. The zero-order valence-corrected chi connectivity index (χ0v) is 15.5. The molecule has 0 saturated heterocycles. The van der Waals surface area contributed by atoms with E-state index in [2.05, 4.69) is 26.4 Å². The molecular weight excluding hydrogens is 360 g/mol. The van der Waals surface area contributed by atoms with Crippen molar-refractivity contribution >= 4 is 17.3 Å². The van der Waals surface area contributed by atoms with Crippen LogP contribution in [-0.2, 0) is 6.54 Å². The zero-order valence-electron chi connectivity index (χ0n) is 14.7. The molecular formula is C18H23F2N3O2S. The van der Waals surface area contributed by atoms with E-state index in [9.17, 15) is 13.9 Å². The number of benzene rings is 1. The summed E-state index contributed by atoms with van der Waals surface area (Å²) in [5, 5.41) is 18.5. The maximum atomic E-state index is 12.2. The van der Waals surface area contributed by atoms with Crippen LogP contribution in [-0.4, -0.2) is 30.8 Å². The molecule has 0 aliphatic rings. The number of aliphatic imine (C=N–C) groups is 1. The number of nitrogens with one attached hydrogen (secondary N) is 2. The Morgan fingerprint density at radius 2 is 1.96 bits per heavy atom. The first-order valence-electron chi connectivity index (χ1n) is 8.27. The lowest BCUT2D eigenvalue weighted by atomic mass is 10.1. The van der Waals surface area contributed by atoms with E-state index in [0.29, 0.717) is 24.6 Å². The predicted molar refractivity (Wildman–Crippen MR) is 99.9 cm³/mol. The van der Waals surface area contributed by atoms with Crippen molar-refractivity contribution in [3.63, 3.8) is 0 Å². The summed E-state index contributed by atoms with van der Waals surface area (Å²) in [6.45, 7) is 2.65. The third-order valence-electron chi connectivity index (χ3n) is 3.65. The maximum absolute atomic E-state index is 12.2. The molecule has 0 amide bonds. The van der Waals surface area contributed by atoms with Gasteiger partial charge in [0.15, 0.2) is 5.96 Å². The molecule has 0 bridgehead atoms. The van der Waals surface area contributed by atoms with Gasteiger partial charge in [-0.25, -0.2) is 4.99 Å². The number of aryl methyl sites for hydroxylation is 1. The Hall–Kier alpha value is -2.19. The fourth-order valence-corrected chi connectivity index (χ4v) is 3.07. The second kappa shape index (κ2) is 10.1. The SMILES string of the molecule is CCNC(=NCc1sccc1C)NCC(O)c1ccc(OC(F)F)cc1. The smallest absolute Gasteiger partial charge is 0.387 e. The summed E-state index contributed by atoms with van der Waals surface area (Å²) in [5.74, 6) is 0.669. The van der Waals surface area contributed by atoms with Crippen molar-refractivity contribution in [2.75, 3.05) is 13.1 Å². The van der Waals surface area contributed by atoms with Gasteiger partial charge in [0.1, 0.15) is 5.75 Å². The first-order chi connectivity index (χ1) is 12.5. The molecule has 0 spiro atoms. The summed E-state index contributed by atoms with van der Waals surface area (Å²) in [4.78, 5) is 5.71. The number of nitrogens with zero attached hydrogens (tertiary/aromatic N) is 1. The van der Waals surface area contributed by atoms with Crippen LogP contribution >= 0.6 is 11.3 Å². The molecule has 142 valence electrons. The lowest BCUT2D eigenvalue weighted by Crippen LogP contribution is -2.39. The van der Waals surface area contributed by atoms with Gasteiger partial charge in [0.2, 0.25) is 0 Å². The van der Waals surface area contributed by atoms with Crippen LogP contribution in [0.25, 0.3) is 0 Å². The van der Waals surface area contributed by atoms with Gasteiger partial charge in [-0.2, -0.15) is 8.78 Å². The molecule has 5 nitrogen and oxygen atoms in total. The van der Waals surface area contributed by atoms with E-state index >= 15 is 0 Å². The zero-order chi connectivity index (χ0) is 18.9. The average molecular weight is 383 g/mol. The minimum atomic E-state index is -2.86. The number of aliphatic hydroxyl groups is 1. The fourth-order valence-electron chi connectivity index (χ4n) is 2.24. The molecule has 1 aromatic heterocycles. The number of alkyl halides is 2. The molecule has 0 saturated carbocycles. The summed E-state index contributed by atoms with van der Waals surface area (Å²) in [6, 6.07) is 7.99. The minimum Gasteiger partial charge on any atom is -0.435 e. The fraction of sp³-hybridized carbons (Fsp3) is 0.389. The summed E-state index contributed by atoms with van der Waals surface area (Å²) < 4.78 is 28.6. The van der Waals surface area contributed by atoms with Gasteiger partial charge in [-0.1, -0.05) is 12.1 Å². The summed E-state index contributed by atoms with van der Waals surface area (Å²) in [6.07, 6.45) is -0.803. The van der Waals surface area contributed by atoms with E-state index in [1.165, 1.54) is 22.6 Å². The van der Waals surface area contributed by atoms with E-state index in [1.807, 2.05) is 19.2 Å². The molecule has 1 aromatic carbocycles. The number of hydrogen-bond donors (Lipinski definition) is 3. The Kier molecular flexibility index (Phi) is 7.80. The topological polar surface area (TPSA) is 65.9 Å². The van der Waals surface area contributed by atoms with E-state index in [-0.39, 0.29) is 12.3 Å². The van der Waals surface area contributed by atoms with Crippen LogP contribution in [0.4, 0.5) is 8.78 Å². The third-order valence-corrected chi connectivity index (χ3v) is 4.65. The molecule has 2 aromatic rings. The number of aliphatic hydroxyl groups excluding tert-OH is 1. The van der Waals surface area contributed by atoms with Crippen LogP contribution in [0, 0.1) is 6.92 Å². The first kappa shape index (κ1) is 20.1. The standard InChI is InChI=1S/C18H23F2N3O2S/c1-3-21-18(23-11-16-12(2)8-9-26-16)22-10-15(24)13-4-6-14(7-5-13)25-17(19)20/h4-9,15,17,24H,3,10-11H2,1-2H3,(H2,21,22,23). The van der Waals surface area contributed by atoms with Crippen molar-refractivity contribution in [1.29, 1.82) is 0 Å². The number of ether oxygens (including phenoxy) is 1. The van der Waals surface area contributed by atoms with Crippen molar-refractivity contribution in [3.8, 4) is 5.75 Å². The minimum absolute atomic E-state index is 0.0603. The lowest BCUT2D eigenvalue weighted by molar-refractivity contribution is -0.0498. The quantitative estimate of drug-likeness (QED) is 0.483. The Morgan fingerprint density at radius 3 is 2.54 bits per heavy atom. The maximum Gasteiger partial charge on any atom is 0.387 e. The van der Waals surface area contributed by atoms with Crippen molar-refractivity contribution in [2.45, 2.75) is 33.1 Å². The van der Waals surface area contributed by atoms with Crippen molar-refractivity contribution in [1.82, 2.24) is 10.6 Å². The van der Waals surface area contributed by atoms with Gasteiger partial charge in [0.25, 0.3) is 0 Å². The molecule has 0 fully saturated rings. The van der Waals surface area contributed by atoms with Gasteiger partial charge in [-0.3, -0.25) is 0 Å². The van der Waals surface area contributed by atoms with E-state index in [1.54, 1.807) is 23.5 Å². The number of hydrogen-bond acceptors (Lipinski definition) is 4. The van der Waals surface area contributed by atoms with Crippen molar-refractivity contribution in [3.05, 3.63) is 51.7 Å². The van der Waals surface area contributed by atoms with Crippen LogP contribution in [0.3, 0.4) is 0 Å². The van der Waals surface area contributed by atoms with E-state index in [0.717, 1.165) is 0 Å². The second-order valence-electron chi connectivity index (χ2n) is 5.57.